The van der Waals surface area contributed by atoms with Crippen molar-refractivity contribution >= 4 is 12.0 Å². The van der Waals surface area contributed by atoms with E-state index in [1.54, 1.807) is 0 Å². The van der Waals surface area contributed by atoms with Crippen LogP contribution in [0.4, 0.5) is 4.79 Å². The Hall–Kier alpha value is -2.36. The molecule has 0 spiro atoms. The highest BCUT2D eigenvalue weighted by atomic mass is 16.5. The summed E-state index contributed by atoms with van der Waals surface area (Å²) in [7, 11) is 1.30. The molecule has 2 aliphatic rings. The maximum absolute atomic E-state index is 13.1. The maximum Gasteiger partial charge on any atom is 0.406 e. The molecule has 2 fully saturated rings. The zero-order valence-corrected chi connectivity index (χ0v) is 17.6. The smallest absolute Gasteiger partial charge is 0.406 e. The highest BCUT2D eigenvalue weighted by molar-refractivity contribution is 5.82. The van der Waals surface area contributed by atoms with Gasteiger partial charge in [0, 0.05) is 24.7 Å². The number of alkyl carbamates (subject to hydrolysis) is 1. The van der Waals surface area contributed by atoms with Crippen LogP contribution in [-0.2, 0) is 20.9 Å². The number of nitrogens with one attached hydrogen (secondary N) is 2. The molecule has 9 heteroatoms. The van der Waals surface area contributed by atoms with Crippen molar-refractivity contribution in [3.05, 3.63) is 29.3 Å². The summed E-state index contributed by atoms with van der Waals surface area (Å²) < 4.78 is 16.0. The van der Waals surface area contributed by atoms with E-state index in [-0.39, 0.29) is 37.7 Å². The molecule has 1 saturated heterocycles. The fourth-order valence-electron chi connectivity index (χ4n) is 3.57. The van der Waals surface area contributed by atoms with E-state index in [1.807, 2.05) is 30.0 Å². The topological polar surface area (TPSA) is 109 Å². The van der Waals surface area contributed by atoms with Crippen molar-refractivity contribution in [3.8, 4) is 5.75 Å². The normalized spacial score (nSPS) is 19.6. The number of hydrogen-bond acceptors (Lipinski definition) is 7. The first kappa shape index (κ1) is 22.3. The van der Waals surface area contributed by atoms with Crippen molar-refractivity contribution in [1.29, 1.82) is 0 Å². The molecule has 0 unspecified atom stereocenters. The van der Waals surface area contributed by atoms with Crippen molar-refractivity contribution < 1.29 is 28.9 Å². The van der Waals surface area contributed by atoms with E-state index >= 15 is 0 Å². The number of methoxy groups -OCH3 is 1. The Morgan fingerprint density at radius 2 is 2.20 bits per heavy atom. The van der Waals surface area contributed by atoms with Gasteiger partial charge in [-0.2, -0.15) is 0 Å². The zero-order valence-electron chi connectivity index (χ0n) is 17.6. The lowest BCUT2D eigenvalue weighted by molar-refractivity contribution is -0.148. The number of rotatable bonds is 9. The van der Waals surface area contributed by atoms with E-state index in [0.717, 1.165) is 24.9 Å². The molecule has 2 amide bonds. The molecule has 0 bridgehead atoms. The lowest BCUT2D eigenvalue weighted by Gasteiger charge is -2.34. The van der Waals surface area contributed by atoms with Crippen LogP contribution in [0.2, 0.25) is 0 Å². The molecule has 2 atom stereocenters. The lowest BCUT2D eigenvalue weighted by atomic mass is 10.0. The fraction of sp³-hybridized carbons (Fsp3) is 0.619. The van der Waals surface area contributed by atoms with Crippen LogP contribution in [0.5, 0.6) is 5.75 Å². The molecule has 1 aromatic rings. The molecule has 3 N–H and O–H groups in total. The Bertz CT molecular complexity index is 733. The van der Waals surface area contributed by atoms with Gasteiger partial charge in [0.1, 0.15) is 18.5 Å². The second-order valence-electron chi connectivity index (χ2n) is 7.51. The zero-order chi connectivity index (χ0) is 21.5. The molecule has 1 aromatic carbocycles. The van der Waals surface area contributed by atoms with Gasteiger partial charge in [0.25, 0.3) is 5.91 Å². The third kappa shape index (κ3) is 5.62. The highest BCUT2D eigenvalue weighted by Crippen LogP contribution is 2.36. The van der Waals surface area contributed by atoms with Crippen molar-refractivity contribution in [2.45, 2.75) is 44.6 Å². The number of ether oxygens (including phenoxy) is 3. The van der Waals surface area contributed by atoms with E-state index in [0.29, 0.717) is 24.5 Å². The molecule has 30 heavy (non-hydrogen) atoms. The average molecular weight is 421 g/mol. The van der Waals surface area contributed by atoms with Crippen molar-refractivity contribution in [1.82, 2.24) is 15.5 Å². The van der Waals surface area contributed by atoms with Crippen molar-refractivity contribution in [2.24, 2.45) is 0 Å². The molecule has 1 aliphatic heterocycles. The first-order valence-corrected chi connectivity index (χ1v) is 10.4. The molecule has 3 rings (SSSR count). The Labute approximate surface area is 176 Å². The van der Waals surface area contributed by atoms with Gasteiger partial charge >= 0.3 is 6.09 Å². The summed E-state index contributed by atoms with van der Waals surface area (Å²) in [5.41, 5.74) is 1.57. The molecule has 9 nitrogen and oxygen atoms in total. The predicted molar refractivity (Wildman–Crippen MR) is 109 cm³/mol. The number of carbonyl (C=O) groups is 2. The van der Waals surface area contributed by atoms with Gasteiger partial charge < -0.3 is 34.9 Å². The molecule has 1 saturated carbocycles. The van der Waals surface area contributed by atoms with Crippen LogP contribution in [0.3, 0.4) is 0 Å². The number of benzene rings is 1. The molecular formula is C21H31N3O6. The summed E-state index contributed by atoms with van der Waals surface area (Å²) in [4.78, 5) is 26.2. The summed E-state index contributed by atoms with van der Waals surface area (Å²) in [6.45, 7) is 4.16. The van der Waals surface area contributed by atoms with Crippen LogP contribution in [0.1, 0.15) is 36.9 Å². The van der Waals surface area contributed by atoms with E-state index in [1.165, 1.54) is 7.11 Å². The first-order chi connectivity index (χ1) is 14.5. The van der Waals surface area contributed by atoms with Crippen LogP contribution < -0.4 is 15.4 Å². The maximum atomic E-state index is 13.1. The standard InChI is InChI=1S/C21H31N3O6/c1-14(24(17-5-6-17)20(26)19-12-22-7-9-30-19)15-3-4-16(13-25)18(11-15)29-10-8-23-21(27)28-2/h3-4,11,14,17,19,22,25H,5-10,12-13H2,1-2H3,(H,23,27)/t14-,19-/m1/s1. The number of carbonyl (C=O) groups excluding carboxylic acids is 2. The second-order valence-corrected chi connectivity index (χ2v) is 7.51. The Morgan fingerprint density at radius 3 is 2.83 bits per heavy atom. The monoisotopic (exact) mass is 421 g/mol. The van der Waals surface area contributed by atoms with Crippen LogP contribution >= 0.6 is 0 Å². The fourth-order valence-corrected chi connectivity index (χ4v) is 3.57. The van der Waals surface area contributed by atoms with E-state index in [9.17, 15) is 14.7 Å². The molecule has 166 valence electrons. The number of hydrogen-bond donors (Lipinski definition) is 3. The molecule has 0 radical (unpaired) electrons. The van der Waals surface area contributed by atoms with Crippen LogP contribution in [0.15, 0.2) is 18.2 Å². The van der Waals surface area contributed by atoms with Gasteiger partial charge in [-0.1, -0.05) is 12.1 Å². The van der Waals surface area contributed by atoms with Gasteiger partial charge in [0.2, 0.25) is 0 Å². The summed E-state index contributed by atoms with van der Waals surface area (Å²) in [5.74, 6) is 0.542. The van der Waals surface area contributed by atoms with Gasteiger partial charge in [-0.15, -0.1) is 0 Å². The summed E-state index contributed by atoms with van der Waals surface area (Å²) in [6, 6.07) is 5.65. The van der Waals surface area contributed by atoms with Crippen LogP contribution in [0, 0.1) is 0 Å². The minimum Gasteiger partial charge on any atom is -0.491 e. The van der Waals surface area contributed by atoms with E-state index in [2.05, 4.69) is 15.4 Å². The van der Waals surface area contributed by atoms with Crippen molar-refractivity contribution in [3.63, 3.8) is 0 Å². The third-order valence-corrected chi connectivity index (χ3v) is 5.37. The van der Waals surface area contributed by atoms with Gasteiger partial charge in [-0.25, -0.2) is 4.79 Å². The van der Waals surface area contributed by atoms with Gasteiger partial charge in [-0.3, -0.25) is 4.79 Å². The second kappa shape index (κ2) is 10.6. The minimum atomic E-state index is -0.527. The first-order valence-electron chi connectivity index (χ1n) is 10.4. The number of nitrogens with zero attached hydrogens (tertiary/aromatic N) is 1. The minimum absolute atomic E-state index is 0.00758. The SMILES string of the molecule is COC(=O)NCCOc1cc([C@@H](C)N(C(=O)[C@H]2CNCCO2)C2CC2)ccc1CO. The van der Waals surface area contributed by atoms with Gasteiger partial charge in [0.15, 0.2) is 0 Å². The van der Waals surface area contributed by atoms with Crippen LogP contribution in [-0.4, -0.2) is 74.1 Å². The Kier molecular flexibility index (Phi) is 7.89. The number of amides is 2. The summed E-state index contributed by atoms with van der Waals surface area (Å²) in [5, 5.41) is 15.4. The predicted octanol–water partition coefficient (Wildman–Crippen LogP) is 0.954. The van der Waals surface area contributed by atoms with Gasteiger partial charge in [0.05, 0.1) is 32.9 Å². The molecule has 1 heterocycles. The lowest BCUT2D eigenvalue weighted by Crippen LogP contribution is -2.50. The number of aliphatic hydroxyl groups is 1. The number of morpholine rings is 1. The summed E-state index contributed by atoms with van der Waals surface area (Å²) >= 11 is 0. The highest BCUT2D eigenvalue weighted by Gasteiger charge is 2.40. The molecule has 0 aromatic heterocycles. The third-order valence-electron chi connectivity index (χ3n) is 5.37. The number of aliphatic hydroxyl groups excluding tert-OH is 1. The molecule has 1 aliphatic carbocycles. The van der Waals surface area contributed by atoms with E-state index < -0.39 is 12.2 Å². The largest absolute Gasteiger partial charge is 0.491 e. The Morgan fingerprint density at radius 1 is 1.40 bits per heavy atom. The average Bonchev–Trinajstić information content (AvgIpc) is 3.62. The molecular weight excluding hydrogens is 390 g/mol. The summed E-state index contributed by atoms with van der Waals surface area (Å²) in [6.07, 6.45) is 1.00. The quantitative estimate of drug-likeness (QED) is 0.510. The Balaban J connectivity index is 1.70. The van der Waals surface area contributed by atoms with E-state index in [4.69, 9.17) is 9.47 Å². The van der Waals surface area contributed by atoms with Crippen LogP contribution in [0.25, 0.3) is 0 Å². The van der Waals surface area contributed by atoms with Gasteiger partial charge in [-0.05, 0) is 31.4 Å². The van der Waals surface area contributed by atoms with Crippen molar-refractivity contribution in [2.75, 3.05) is 40.0 Å².